The summed E-state index contributed by atoms with van der Waals surface area (Å²) in [7, 11) is 0. The largest absolute Gasteiger partial charge is 0.440 e. The van der Waals surface area contributed by atoms with E-state index in [4.69, 9.17) is 10.5 Å². The SMILES string of the molecule is N#CC1=C(N)OC2=C(CCCc3ccccc32)C1c1ccc([N+](=O)[O-])cc1. The first-order chi connectivity index (χ1) is 13.1. The van der Waals surface area contributed by atoms with E-state index in [1.54, 1.807) is 12.1 Å². The molecule has 6 nitrogen and oxygen atoms in total. The van der Waals surface area contributed by atoms with Crippen LogP contribution in [0.2, 0.25) is 0 Å². The molecule has 1 unspecified atom stereocenters. The van der Waals surface area contributed by atoms with Crippen molar-refractivity contribution in [3.63, 3.8) is 0 Å². The zero-order chi connectivity index (χ0) is 19.0. The molecule has 1 heterocycles. The van der Waals surface area contributed by atoms with Gasteiger partial charge in [0, 0.05) is 23.6 Å². The van der Waals surface area contributed by atoms with Crippen molar-refractivity contribution >= 4 is 11.4 Å². The maximum absolute atomic E-state index is 11.0. The molecule has 1 aliphatic carbocycles. The first kappa shape index (κ1) is 16.9. The van der Waals surface area contributed by atoms with Gasteiger partial charge in [-0.3, -0.25) is 10.1 Å². The molecular weight excluding hydrogens is 342 g/mol. The normalized spacial score (nSPS) is 18.7. The van der Waals surface area contributed by atoms with E-state index in [1.807, 2.05) is 18.2 Å². The van der Waals surface area contributed by atoms with Gasteiger partial charge >= 0.3 is 0 Å². The number of fused-ring (bicyclic) bond motifs is 2. The summed E-state index contributed by atoms with van der Waals surface area (Å²) < 4.78 is 5.92. The maximum atomic E-state index is 11.0. The highest BCUT2D eigenvalue weighted by Crippen LogP contribution is 2.46. The second-order valence-electron chi connectivity index (χ2n) is 6.64. The predicted octanol–water partition coefficient (Wildman–Crippen LogP) is 4.15. The van der Waals surface area contributed by atoms with Gasteiger partial charge in [0.2, 0.25) is 5.88 Å². The van der Waals surface area contributed by atoms with Gasteiger partial charge in [-0.05, 0) is 36.0 Å². The summed E-state index contributed by atoms with van der Waals surface area (Å²) in [6.45, 7) is 0. The number of nitro groups is 1. The Hall–Kier alpha value is -3.59. The molecule has 2 aromatic rings. The van der Waals surface area contributed by atoms with Gasteiger partial charge in [0.1, 0.15) is 17.4 Å². The Balaban J connectivity index is 1.89. The van der Waals surface area contributed by atoms with Crippen molar-refractivity contribution in [1.82, 2.24) is 0 Å². The van der Waals surface area contributed by atoms with Crippen LogP contribution in [-0.4, -0.2) is 4.92 Å². The Morgan fingerprint density at radius 3 is 2.59 bits per heavy atom. The van der Waals surface area contributed by atoms with E-state index in [-0.39, 0.29) is 17.5 Å². The first-order valence-electron chi connectivity index (χ1n) is 8.73. The van der Waals surface area contributed by atoms with E-state index in [9.17, 15) is 15.4 Å². The van der Waals surface area contributed by atoms with Crippen molar-refractivity contribution in [2.75, 3.05) is 0 Å². The van der Waals surface area contributed by atoms with Crippen LogP contribution in [0.3, 0.4) is 0 Å². The van der Waals surface area contributed by atoms with E-state index in [0.717, 1.165) is 36.0 Å². The topological polar surface area (TPSA) is 102 Å². The Kier molecular flexibility index (Phi) is 4.13. The summed E-state index contributed by atoms with van der Waals surface area (Å²) in [4.78, 5) is 10.5. The molecular formula is C21H17N3O3. The van der Waals surface area contributed by atoms with Crippen LogP contribution < -0.4 is 5.73 Å². The molecule has 134 valence electrons. The summed E-state index contributed by atoms with van der Waals surface area (Å²) >= 11 is 0. The number of ether oxygens (including phenoxy) is 1. The molecule has 0 saturated heterocycles. The highest BCUT2D eigenvalue weighted by atomic mass is 16.6. The second kappa shape index (κ2) is 6.61. The van der Waals surface area contributed by atoms with E-state index >= 15 is 0 Å². The molecule has 0 radical (unpaired) electrons. The van der Waals surface area contributed by atoms with Crippen LogP contribution in [0.4, 0.5) is 5.69 Å². The van der Waals surface area contributed by atoms with Crippen LogP contribution in [0.1, 0.15) is 35.4 Å². The Morgan fingerprint density at radius 1 is 1.15 bits per heavy atom. The van der Waals surface area contributed by atoms with Gasteiger partial charge in [0.25, 0.3) is 5.69 Å². The molecule has 1 aliphatic heterocycles. The second-order valence-corrected chi connectivity index (χ2v) is 6.64. The molecule has 1 atom stereocenters. The third-order valence-corrected chi connectivity index (χ3v) is 5.12. The molecule has 0 fully saturated rings. The third kappa shape index (κ3) is 2.83. The Labute approximate surface area is 156 Å². The lowest BCUT2D eigenvalue weighted by molar-refractivity contribution is -0.384. The minimum Gasteiger partial charge on any atom is -0.440 e. The van der Waals surface area contributed by atoms with Crippen molar-refractivity contribution in [3.8, 4) is 6.07 Å². The molecule has 4 rings (SSSR count). The number of hydrogen-bond donors (Lipinski definition) is 1. The average Bonchev–Trinajstić information content (AvgIpc) is 2.86. The maximum Gasteiger partial charge on any atom is 0.269 e. The molecule has 2 aromatic carbocycles. The zero-order valence-corrected chi connectivity index (χ0v) is 14.5. The fraction of sp³-hybridized carbons (Fsp3) is 0.190. The number of aryl methyl sites for hydroxylation is 1. The molecule has 0 amide bonds. The minimum atomic E-state index is -0.435. The quantitative estimate of drug-likeness (QED) is 0.641. The number of non-ortho nitro benzene ring substituents is 1. The molecule has 0 bridgehead atoms. The van der Waals surface area contributed by atoms with Crippen molar-refractivity contribution in [3.05, 3.63) is 92.4 Å². The fourth-order valence-corrected chi connectivity index (χ4v) is 3.87. The van der Waals surface area contributed by atoms with Gasteiger partial charge in [-0.15, -0.1) is 0 Å². The van der Waals surface area contributed by atoms with Gasteiger partial charge in [-0.1, -0.05) is 36.4 Å². The van der Waals surface area contributed by atoms with Gasteiger partial charge in [0.05, 0.1) is 4.92 Å². The van der Waals surface area contributed by atoms with Crippen molar-refractivity contribution < 1.29 is 9.66 Å². The van der Waals surface area contributed by atoms with E-state index in [0.29, 0.717) is 11.3 Å². The third-order valence-electron chi connectivity index (χ3n) is 5.12. The number of rotatable bonds is 2. The number of nitrogens with zero attached hydrogens (tertiary/aromatic N) is 2. The highest BCUT2D eigenvalue weighted by Gasteiger charge is 2.34. The van der Waals surface area contributed by atoms with E-state index in [1.165, 1.54) is 17.7 Å². The average molecular weight is 359 g/mol. The minimum absolute atomic E-state index is 0.0154. The molecule has 27 heavy (non-hydrogen) atoms. The molecule has 0 spiro atoms. The van der Waals surface area contributed by atoms with Crippen LogP contribution in [0.15, 0.2) is 65.6 Å². The van der Waals surface area contributed by atoms with Crippen molar-refractivity contribution in [1.29, 1.82) is 5.26 Å². The van der Waals surface area contributed by atoms with Gasteiger partial charge in [-0.2, -0.15) is 5.26 Å². The Morgan fingerprint density at radius 2 is 1.89 bits per heavy atom. The van der Waals surface area contributed by atoms with Crippen LogP contribution in [0.25, 0.3) is 5.76 Å². The molecule has 6 heteroatoms. The Bertz CT molecular complexity index is 1030. The number of nitriles is 1. The van der Waals surface area contributed by atoms with Crippen LogP contribution in [0.5, 0.6) is 0 Å². The summed E-state index contributed by atoms with van der Waals surface area (Å²) in [5.74, 6) is 0.449. The fourth-order valence-electron chi connectivity index (χ4n) is 3.87. The number of nitro benzene ring substituents is 1. The molecule has 0 saturated carbocycles. The van der Waals surface area contributed by atoms with Crippen molar-refractivity contribution in [2.24, 2.45) is 5.73 Å². The molecule has 0 aromatic heterocycles. The zero-order valence-electron chi connectivity index (χ0n) is 14.5. The number of hydrogen-bond acceptors (Lipinski definition) is 5. The monoisotopic (exact) mass is 359 g/mol. The number of benzene rings is 2. The van der Waals surface area contributed by atoms with Gasteiger partial charge in [-0.25, -0.2) is 0 Å². The van der Waals surface area contributed by atoms with Gasteiger partial charge in [0.15, 0.2) is 0 Å². The van der Waals surface area contributed by atoms with Crippen LogP contribution >= 0.6 is 0 Å². The summed E-state index contributed by atoms with van der Waals surface area (Å²) in [5, 5.41) is 20.7. The van der Waals surface area contributed by atoms with E-state index < -0.39 is 4.92 Å². The molecule has 2 N–H and O–H groups in total. The number of nitrogens with two attached hydrogens (primary N) is 1. The highest BCUT2D eigenvalue weighted by molar-refractivity contribution is 5.73. The lowest BCUT2D eigenvalue weighted by Gasteiger charge is -2.29. The predicted molar refractivity (Wildman–Crippen MR) is 100 cm³/mol. The van der Waals surface area contributed by atoms with Crippen LogP contribution in [0, 0.1) is 21.4 Å². The number of allylic oxidation sites excluding steroid dienone is 2. The standard InChI is InChI=1S/C21H17N3O3/c22-12-18-19(14-8-10-15(11-9-14)24(25)26)17-7-3-5-13-4-1-2-6-16(13)20(17)27-21(18)23/h1-2,4,6,8-11,19H,3,5,7,23H2. The van der Waals surface area contributed by atoms with E-state index in [2.05, 4.69) is 12.1 Å². The first-order valence-corrected chi connectivity index (χ1v) is 8.73. The summed E-state index contributed by atoms with van der Waals surface area (Å²) in [6.07, 6.45) is 2.62. The smallest absolute Gasteiger partial charge is 0.269 e. The lowest BCUT2D eigenvalue weighted by atomic mass is 9.81. The summed E-state index contributed by atoms with van der Waals surface area (Å²) in [6, 6.07) is 16.5. The van der Waals surface area contributed by atoms with Crippen LogP contribution in [-0.2, 0) is 11.2 Å². The lowest BCUT2D eigenvalue weighted by Crippen LogP contribution is -2.20. The molecule has 2 aliphatic rings. The van der Waals surface area contributed by atoms with Gasteiger partial charge < -0.3 is 10.5 Å². The van der Waals surface area contributed by atoms with Crippen molar-refractivity contribution in [2.45, 2.75) is 25.2 Å². The summed E-state index contributed by atoms with van der Waals surface area (Å²) in [5.41, 5.74) is 10.5.